The van der Waals surface area contributed by atoms with Gasteiger partial charge in [-0.2, -0.15) is 5.10 Å². The number of hydrogen-bond donors (Lipinski definition) is 1. The molecule has 4 heteroatoms. The minimum Gasteiger partial charge on any atom is -0.478 e. The van der Waals surface area contributed by atoms with Crippen molar-refractivity contribution in [1.29, 1.82) is 0 Å². The minimum absolute atomic E-state index is 0.272. The van der Waals surface area contributed by atoms with Gasteiger partial charge >= 0.3 is 5.97 Å². The van der Waals surface area contributed by atoms with Gasteiger partial charge in [-0.3, -0.25) is 0 Å². The maximum absolute atomic E-state index is 10.9. The molecule has 1 aromatic carbocycles. The fraction of sp³-hybridized carbons (Fsp3) is 0.167. The third-order valence-corrected chi connectivity index (χ3v) is 2.43. The molecule has 0 bridgehead atoms. The monoisotopic (exact) mass is 216 g/mol. The van der Waals surface area contributed by atoms with Crippen LogP contribution in [0.4, 0.5) is 0 Å². The smallest absolute Gasteiger partial charge is 0.335 e. The van der Waals surface area contributed by atoms with E-state index in [2.05, 4.69) is 5.10 Å². The lowest BCUT2D eigenvalue weighted by molar-refractivity contribution is 0.0697. The summed E-state index contributed by atoms with van der Waals surface area (Å²) in [5, 5.41) is 13.2. The van der Waals surface area contributed by atoms with Crippen molar-refractivity contribution in [2.45, 2.75) is 13.8 Å². The molecule has 0 unspecified atom stereocenters. The quantitative estimate of drug-likeness (QED) is 0.837. The molecule has 2 aromatic rings. The van der Waals surface area contributed by atoms with Crippen LogP contribution in [0.25, 0.3) is 5.69 Å². The van der Waals surface area contributed by atoms with E-state index < -0.39 is 5.97 Å². The van der Waals surface area contributed by atoms with Gasteiger partial charge in [-0.1, -0.05) is 6.07 Å². The largest absolute Gasteiger partial charge is 0.478 e. The normalized spacial score (nSPS) is 10.4. The third kappa shape index (κ3) is 1.82. The van der Waals surface area contributed by atoms with Crippen molar-refractivity contribution in [1.82, 2.24) is 9.78 Å². The fourth-order valence-corrected chi connectivity index (χ4v) is 1.54. The van der Waals surface area contributed by atoms with E-state index in [1.807, 2.05) is 26.1 Å². The molecule has 0 amide bonds. The summed E-state index contributed by atoms with van der Waals surface area (Å²) < 4.78 is 1.69. The average molecular weight is 216 g/mol. The zero-order valence-corrected chi connectivity index (χ0v) is 9.14. The lowest BCUT2D eigenvalue weighted by Gasteiger charge is -2.06. The van der Waals surface area contributed by atoms with Gasteiger partial charge in [0, 0.05) is 6.20 Å². The molecule has 0 saturated carbocycles. The topological polar surface area (TPSA) is 55.1 Å². The van der Waals surface area contributed by atoms with E-state index in [1.165, 1.54) is 0 Å². The summed E-state index contributed by atoms with van der Waals surface area (Å²) in [6, 6.07) is 6.89. The number of carboxylic acids is 1. The first kappa shape index (κ1) is 10.4. The number of carboxylic acid groups (broad SMARTS) is 1. The van der Waals surface area contributed by atoms with Crippen LogP contribution in [0.15, 0.2) is 30.5 Å². The van der Waals surface area contributed by atoms with Crippen molar-refractivity contribution in [3.05, 3.63) is 47.3 Å². The Kier molecular flexibility index (Phi) is 2.48. The molecule has 0 aliphatic rings. The Morgan fingerprint density at radius 2 is 2.06 bits per heavy atom. The second-order valence-corrected chi connectivity index (χ2v) is 3.71. The van der Waals surface area contributed by atoms with Crippen LogP contribution in [-0.2, 0) is 0 Å². The van der Waals surface area contributed by atoms with Crippen LogP contribution < -0.4 is 0 Å². The van der Waals surface area contributed by atoms with Crippen LogP contribution in [0.3, 0.4) is 0 Å². The molecule has 0 radical (unpaired) electrons. The minimum atomic E-state index is -0.926. The van der Waals surface area contributed by atoms with E-state index in [0.717, 1.165) is 16.9 Å². The summed E-state index contributed by atoms with van der Waals surface area (Å²) in [5.41, 5.74) is 2.97. The van der Waals surface area contributed by atoms with Gasteiger partial charge in [0.25, 0.3) is 0 Å². The van der Waals surface area contributed by atoms with E-state index in [4.69, 9.17) is 5.11 Å². The predicted octanol–water partition coefficient (Wildman–Crippen LogP) is 2.19. The van der Waals surface area contributed by atoms with Crippen molar-refractivity contribution >= 4 is 5.97 Å². The Labute approximate surface area is 93.1 Å². The van der Waals surface area contributed by atoms with E-state index >= 15 is 0 Å². The number of aryl methyl sites for hydroxylation is 2. The highest BCUT2D eigenvalue weighted by Gasteiger charge is 2.08. The van der Waals surface area contributed by atoms with Gasteiger partial charge < -0.3 is 5.11 Å². The van der Waals surface area contributed by atoms with Crippen LogP contribution in [-0.4, -0.2) is 20.9 Å². The van der Waals surface area contributed by atoms with Crippen molar-refractivity contribution < 1.29 is 9.90 Å². The Hall–Kier alpha value is -2.10. The maximum atomic E-state index is 10.9. The molecular formula is C12H12N2O2. The highest BCUT2D eigenvalue weighted by atomic mass is 16.4. The zero-order valence-electron chi connectivity index (χ0n) is 9.14. The lowest BCUT2D eigenvalue weighted by Crippen LogP contribution is -2.02. The first-order valence-corrected chi connectivity index (χ1v) is 4.94. The van der Waals surface area contributed by atoms with Gasteiger partial charge in [0.05, 0.1) is 16.9 Å². The summed E-state index contributed by atoms with van der Waals surface area (Å²) in [6.45, 7) is 3.82. The average Bonchev–Trinajstić information content (AvgIpc) is 2.65. The van der Waals surface area contributed by atoms with E-state index in [0.29, 0.717) is 0 Å². The third-order valence-electron chi connectivity index (χ3n) is 2.43. The van der Waals surface area contributed by atoms with Crippen LogP contribution >= 0.6 is 0 Å². The number of aromatic nitrogens is 2. The molecule has 0 spiro atoms. The molecule has 1 N–H and O–H groups in total. The Balaban J connectivity index is 2.55. The van der Waals surface area contributed by atoms with Gasteiger partial charge in [0.15, 0.2) is 0 Å². The molecule has 0 atom stereocenters. The van der Waals surface area contributed by atoms with Gasteiger partial charge in [-0.05, 0) is 37.6 Å². The SMILES string of the molecule is Cc1ccn(-c2cc(C(=O)O)ccc2C)n1. The number of nitrogens with zero attached hydrogens (tertiary/aromatic N) is 2. The van der Waals surface area contributed by atoms with E-state index in [9.17, 15) is 4.79 Å². The molecule has 4 nitrogen and oxygen atoms in total. The molecule has 0 saturated heterocycles. The summed E-state index contributed by atoms with van der Waals surface area (Å²) in [7, 11) is 0. The number of hydrogen-bond acceptors (Lipinski definition) is 2. The molecule has 0 aliphatic heterocycles. The Morgan fingerprint density at radius 3 is 2.62 bits per heavy atom. The summed E-state index contributed by atoms with van der Waals surface area (Å²) in [4.78, 5) is 10.9. The van der Waals surface area contributed by atoms with E-state index in [-0.39, 0.29) is 5.56 Å². The molecule has 0 fully saturated rings. The second-order valence-electron chi connectivity index (χ2n) is 3.71. The second kappa shape index (κ2) is 3.81. The van der Waals surface area contributed by atoms with Crippen LogP contribution in [0, 0.1) is 13.8 Å². The van der Waals surface area contributed by atoms with Gasteiger partial charge in [-0.25, -0.2) is 9.48 Å². The number of aromatic carboxylic acids is 1. The number of benzene rings is 1. The lowest BCUT2D eigenvalue weighted by atomic mass is 10.1. The molecule has 1 heterocycles. The fourth-order valence-electron chi connectivity index (χ4n) is 1.54. The van der Waals surface area contributed by atoms with Gasteiger partial charge in [0.1, 0.15) is 0 Å². The molecule has 2 rings (SSSR count). The van der Waals surface area contributed by atoms with Crippen molar-refractivity contribution in [3.8, 4) is 5.69 Å². The highest BCUT2D eigenvalue weighted by Crippen LogP contribution is 2.15. The number of rotatable bonds is 2. The molecule has 16 heavy (non-hydrogen) atoms. The summed E-state index contributed by atoms with van der Waals surface area (Å²) >= 11 is 0. The van der Waals surface area contributed by atoms with Gasteiger partial charge in [0.2, 0.25) is 0 Å². The predicted molar refractivity (Wildman–Crippen MR) is 60.0 cm³/mol. The van der Waals surface area contributed by atoms with Crippen molar-refractivity contribution in [2.24, 2.45) is 0 Å². The Morgan fingerprint density at radius 1 is 1.31 bits per heavy atom. The van der Waals surface area contributed by atoms with Crippen molar-refractivity contribution in [3.63, 3.8) is 0 Å². The molecule has 82 valence electrons. The maximum Gasteiger partial charge on any atom is 0.335 e. The summed E-state index contributed by atoms with van der Waals surface area (Å²) in [5.74, 6) is -0.926. The van der Waals surface area contributed by atoms with Crippen LogP contribution in [0.5, 0.6) is 0 Å². The standard InChI is InChI=1S/C12H12N2O2/c1-8-3-4-10(12(15)16)7-11(8)14-6-5-9(2)13-14/h3-7H,1-2H3,(H,15,16). The molecule has 0 aliphatic carbocycles. The highest BCUT2D eigenvalue weighted by molar-refractivity contribution is 5.88. The van der Waals surface area contributed by atoms with E-state index in [1.54, 1.807) is 22.9 Å². The Bertz CT molecular complexity index is 544. The number of carbonyl (C=O) groups is 1. The van der Waals surface area contributed by atoms with Crippen LogP contribution in [0.1, 0.15) is 21.6 Å². The van der Waals surface area contributed by atoms with Crippen LogP contribution in [0.2, 0.25) is 0 Å². The zero-order chi connectivity index (χ0) is 11.7. The first-order valence-electron chi connectivity index (χ1n) is 4.94. The molecule has 1 aromatic heterocycles. The van der Waals surface area contributed by atoms with Gasteiger partial charge in [-0.15, -0.1) is 0 Å². The summed E-state index contributed by atoms with van der Waals surface area (Å²) in [6.07, 6.45) is 1.82. The first-order chi connectivity index (χ1) is 7.58. The molecular weight excluding hydrogens is 204 g/mol. The van der Waals surface area contributed by atoms with Crippen molar-refractivity contribution in [2.75, 3.05) is 0 Å².